The van der Waals surface area contributed by atoms with Gasteiger partial charge in [-0.05, 0) is 28.6 Å². The minimum absolute atomic E-state index is 0.00203. The molecule has 0 saturated carbocycles. The minimum Gasteiger partial charge on any atom is -0.618 e. The van der Waals surface area contributed by atoms with Crippen LogP contribution in [0.1, 0.15) is 18.2 Å². The van der Waals surface area contributed by atoms with Crippen LogP contribution in [0.5, 0.6) is 0 Å². The van der Waals surface area contributed by atoms with Crippen molar-refractivity contribution >= 4 is 11.6 Å². The Balaban J connectivity index is 1.55. The van der Waals surface area contributed by atoms with Crippen molar-refractivity contribution in [1.29, 1.82) is 0 Å². The molecule has 16 heteroatoms. The van der Waals surface area contributed by atoms with Gasteiger partial charge in [-0.15, -0.1) is 5.10 Å². The summed E-state index contributed by atoms with van der Waals surface area (Å²) in [7, 11) is 1.70. The Labute approximate surface area is 217 Å². The molecule has 38 heavy (non-hydrogen) atoms. The van der Waals surface area contributed by atoms with E-state index in [0.29, 0.717) is 16.1 Å². The van der Waals surface area contributed by atoms with E-state index in [1.54, 1.807) is 17.9 Å². The highest BCUT2D eigenvalue weighted by atomic mass is 35.5. The quantitative estimate of drug-likeness (QED) is 0.204. The highest BCUT2D eigenvalue weighted by Crippen LogP contribution is 2.33. The molecule has 0 spiro atoms. The maximum atomic E-state index is 15.2. The van der Waals surface area contributed by atoms with E-state index < -0.39 is 18.5 Å². The van der Waals surface area contributed by atoms with Gasteiger partial charge in [0.25, 0.3) is 0 Å². The third kappa shape index (κ3) is 4.92. The summed E-state index contributed by atoms with van der Waals surface area (Å²) in [5.41, 5.74) is 1.21. The van der Waals surface area contributed by atoms with Crippen LogP contribution >= 0.6 is 11.6 Å². The zero-order chi connectivity index (χ0) is 26.8. The van der Waals surface area contributed by atoms with Gasteiger partial charge in [-0.3, -0.25) is 4.68 Å². The Morgan fingerprint density at radius 3 is 2.68 bits per heavy atom. The molecule has 1 atom stereocenters. The second kappa shape index (κ2) is 10.5. The van der Waals surface area contributed by atoms with Crippen LogP contribution in [0.15, 0.2) is 55.5 Å². The van der Waals surface area contributed by atoms with Crippen molar-refractivity contribution in [2.75, 3.05) is 6.61 Å². The molecule has 4 aromatic heterocycles. The number of aromatic nitrogens is 10. The van der Waals surface area contributed by atoms with Crippen molar-refractivity contribution in [1.82, 2.24) is 44.8 Å². The summed E-state index contributed by atoms with van der Waals surface area (Å²) in [6.45, 7) is -3.32. The van der Waals surface area contributed by atoms with Gasteiger partial charge in [0.1, 0.15) is 18.7 Å². The first-order valence-electron chi connectivity index (χ1n) is 11.1. The molecule has 0 aliphatic heterocycles. The number of nitrogens with zero attached hydrogens (tertiary/aromatic N) is 10. The van der Waals surface area contributed by atoms with Crippen LogP contribution in [0, 0.1) is 11.0 Å². The molecule has 5 rings (SSSR count). The van der Waals surface area contributed by atoms with E-state index >= 15 is 4.39 Å². The van der Waals surface area contributed by atoms with Crippen LogP contribution in [-0.4, -0.2) is 58.0 Å². The molecule has 0 saturated heterocycles. The molecular weight excluding hydrogens is 529 g/mol. The van der Waals surface area contributed by atoms with Crippen molar-refractivity contribution in [3.63, 3.8) is 0 Å². The van der Waals surface area contributed by atoms with Crippen molar-refractivity contribution in [2.45, 2.75) is 19.1 Å². The predicted octanol–water partition coefficient (Wildman–Crippen LogP) is 2.97. The van der Waals surface area contributed by atoms with E-state index in [1.165, 1.54) is 52.5 Å². The normalized spacial score (nSPS) is 12.4. The van der Waals surface area contributed by atoms with Gasteiger partial charge >= 0.3 is 6.61 Å². The number of halogens is 4. The lowest BCUT2D eigenvalue weighted by molar-refractivity contribution is -0.615. The molecule has 0 bridgehead atoms. The van der Waals surface area contributed by atoms with Gasteiger partial charge in [0.2, 0.25) is 5.69 Å². The number of pyridine rings is 1. The summed E-state index contributed by atoms with van der Waals surface area (Å²) in [6.07, 6.45) is 6.95. The summed E-state index contributed by atoms with van der Waals surface area (Å²) in [5, 5.41) is 32.4. The first-order chi connectivity index (χ1) is 18.3. The molecule has 0 aliphatic carbocycles. The van der Waals surface area contributed by atoms with Gasteiger partial charge in [0, 0.05) is 25.7 Å². The lowest BCUT2D eigenvalue weighted by atomic mass is 10.0. The zero-order valence-corrected chi connectivity index (χ0v) is 20.3. The summed E-state index contributed by atoms with van der Waals surface area (Å²) < 4.78 is 49.7. The van der Waals surface area contributed by atoms with E-state index in [-0.39, 0.29) is 40.6 Å². The molecule has 0 aliphatic rings. The third-order valence-electron chi connectivity index (χ3n) is 5.77. The second-order valence-corrected chi connectivity index (χ2v) is 8.44. The van der Waals surface area contributed by atoms with Gasteiger partial charge in [-0.2, -0.15) is 28.4 Å². The Bertz CT molecular complexity index is 1560. The van der Waals surface area contributed by atoms with Crippen LogP contribution in [0.25, 0.3) is 28.2 Å². The number of tetrazole rings is 1. The van der Waals surface area contributed by atoms with Crippen LogP contribution in [0.4, 0.5) is 13.2 Å². The smallest absolute Gasteiger partial charge is 0.345 e. The molecule has 0 radical (unpaired) electrons. The van der Waals surface area contributed by atoms with Crippen molar-refractivity contribution in [2.24, 2.45) is 7.05 Å². The fourth-order valence-corrected chi connectivity index (χ4v) is 4.20. The Morgan fingerprint density at radius 1 is 1.16 bits per heavy atom. The SMILES string of the molecule is Cn1ncnc1-c1cnn([C@@H](CCOC(F)F)c2ccc(-c3c(-n4cnnn4)ccc(Cl)c3F)c[n+]2[O-])c1. The van der Waals surface area contributed by atoms with Crippen LogP contribution in [-0.2, 0) is 11.8 Å². The highest BCUT2D eigenvalue weighted by Gasteiger charge is 2.26. The molecule has 0 fully saturated rings. The average Bonchev–Trinajstić information content (AvgIpc) is 3.66. The van der Waals surface area contributed by atoms with Crippen LogP contribution < -0.4 is 4.73 Å². The first-order valence-corrected chi connectivity index (χ1v) is 11.4. The predicted molar refractivity (Wildman–Crippen MR) is 125 cm³/mol. The lowest BCUT2D eigenvalue weighted by Gasteiger charge is -2.18. The lowest BCUT2D eigenvalue weighted by Crippen LogP contribution is -2.36. The summed E-state index contributed by atoms with van der Waals surface area (Å²) in [4.78, 5) is 4.17. The molecule has 1 aromatic carbocycles. The van der Waals surface area contributed by atoms with Crippen molar-refractivity contribution in [3.8, 4) is 28.2 Å². The number of rotatable bonds is 9. The van der Waals surface area contributed by atoms with Crippen LogP contribution in [0.3, 0.4) is 0 Å². The molecule has 196 valence electrons. The first kappa shape index (κ1) is 25.3. The van der Waals surface area contributed by atoms with E-state index in [0.717, 1.165) is 6.20 Å². The molecule has 0 N–H and O–H groups in total. The Hall–Kier alpha value is -4.37. The van der Waals surface area contributed by atoms with Crippen molar-refractivity contribution < 1.29 is 22.6 Å². The van der Waals surface area contributed by atoms with Gasteiger partial charge in [-0.25, -0.2) is 14.1 Å². The van der Waals surface area contributed by atoms with Crippen LogP contribution in [0.2, 0.25) is 5.02 Å². The summed E-state index contributed by atoms with van der Waals surface area (Å²) in [6, 6.07) is 5.04. The summed E-state index contributed by atoms with van der Waals surface area (Å²) in [5.74, 6) is -0.245. The zero-order valence-electron chi connectivity index (χ0n) is 19.6. The molecule has 0 amide bonds. The van der Waals surface area contributed by atoms with Gasteiger partial charge < -0.3 is 9.94 Å². The van der Waals surface area contributed by atoms with Crippen molar-refractivity contribution in [3.05, 3.63) is 77.3 Å². The standard InChI is InChI=1S/C22H18ClF3N10O2/c1-33-21(27-11-30-33)14-8-29-34(9-14)16(6-7-38-22(25)26)17-4-2-13(10-36(17)37)19-18(35-12-28-31-32-35)5-3-15(23)20(19)24/h2-5,8-12,16,22H,6-7H2,1H3/t16-/m0/s1. The molecule has 4 heterocycles. The Morgan fingerprint density at radius 2 is 2.00 bits per heavy atom. The number of hydrogen-bond acceptors (Lipinski definition) is 8. The number of benzene rings is 1. The maximum Gasteiger partial charge on any atom is 0.345 e. The fourth-order valence-electron chi connectivity index (χ4n) is 4.04. The average molecular weight is 547 g/mol. The minimum atomic E-state index is -2.97. The van der Waals surface area contributed by atoms with E-state index in [4.69, 9.17) is 11.6 Å². The monoisotopic (exact) mass is 546 g/mol. The third-order valence-corrected chi connectivity index (χ3v) is 6.06. The number of aryl methyl sites for hydroxylation is 1. The van der Waals surface area contributed by atoms with Gasteiger partial charge in [0.05, 0.1) is 40.2 Å². The topological polar surface area (TPSA) is 128 Å². The van der Waals surface area contributed by atoms with E-state index in [9.17, 15) is 14.0 Å². The van der Waals surface area contributed by atoms with E-state index in [1.807, 2.05) is 0 Å². The number of ether oxygens (including phenoxy) is 1. The Kier molecular flexibility index (Phi) is 7.02. The molecule has 12 nitrogen and oxygen atoms in total. The van der Waals surface area contributed by atoms with E-state index in [2.05, 4.69) is 35.4 Å². The highest BCUT2D eigenvalue weighted by molar-refractivity contribution is 6.31. The molecule has 5 aromatic rings. The molecule has 0 unspecified atom stereocenters. The number of alkyl halides is 2. The fraction of sp³-hybridized carbons (Fsp3) is 0.227. The maximum absolute atomic E-state index is 15.2. The second-order valence-electron chi connectivity index (χ2n) is 8.03. The largest absolute Gasteiger partial charge is 0.618 e. The number of hydrogen-bond donors (Lipinski definition) is 0. The van der Waals surface area contributed by atoms with Gasteiger partial charge in [0.15, 0.2) is 17.8 Å². The molecular formula is C22H18ClF3N10O2. The van der Waals surface area contributed by atoms with Gasteiger partial charge in [-0.1, -0.05) is 11.6 Å². The summed E-state index contributed by atoms with van der Waals surface area (Å²) >= 11 is 6.02.